The molecule has 86 valence electrons. The largest absolute Gasteiger partial charge is 0.488 e. The summed E-state index contributed by atoms with van der Waals surface area (Å²) in [4.78, 5) is 15.9. The summed E-state index contributed by atoms with van der Waals surface area (Å²) in [6, 6.07) is 5.66. The Labute approximate surface area is 106 Å². The number of hydrogen-bond donors (Lipinski definition) is 0. The van der Waals surface area contributed by atoms with E-state index in [1.165, 1.54) is 6.20 Å². The maximum atomic E-state index is 11.7. The minimum atomic E-state index is -0.383. The molecule has 2 aromatic rings. The zero-order valence-electron chi connectivity index (χ0n) is 8.77. The van der Waals surface area contributed by atoms with Crippen molar-refractivity contribution in [3.8, 4) is 5.75 Å². The number of carbonyl (C=O) groups is 1. The fourth-order valence-corrected chi connectivity index (χ4v) is 2.16. The summed E-state index contributed by atoms with van der Waals surface area (Å²) in [5, 5.41) is 0.815. The van der Waals surface area contributed by atoms with Gasteiger partial charge in [-0.2, -0.15) is 0 Å². The molecule has 0 saturated carbocycles. The van der Waals surface area contributed by atoms with E-state index in [4.69, 9.17) is 9.47 Å². The van der Waals surface area contributed by atoms with Crippen LogP contribution in [0.1, 0.15) is 10.4 Å². The Kier molecular flexibility index (Phi) is 2.48. The quantitative estimate of drug-likeness (QED) is 0.701. The number of cyclic esters (lactones) is 1. The Morgan fingerprint density at radius 1 is 1.24 bits per heavy atom. The minimum Gasteiger partial charge on any atom is -0.488 e. The van der Waals surface area contributed by atoms with Crippen LogP contribution in [-0.2, 0) is 4.74 Å². The molecule has 0 saturated heterocycles. The van der Waals surface area contributed by atoms with E-state index in [0.29, 0.717) is 17.9 Å². The molecule has 0 radical (unpaired) electrons. The van der Waals surface area contributed by atoms with Crippen molar-refractivity contribution in [2.24, 2.45) is 0 Å². The van der Waals surface area contributed by atoms with Crippen LogP contribution in [0.15, 0.2) is 28.9 Å². The van der Waals surface area contributed by atoms with Gasteiger partial charge in [0.25, 0.3) is 0 Å². The van der Waals surface area contributed by atoms with E-state index < -0.39 is 0 Å². The average Bonchev–Trinajstić information content (AvgIpc) is 2.52. The average molecular weight is 294 g/mol. The molecule has 1 aliphatic heterocycles. The summed E-state index contributed by atoms with van der Waals surface area (Å²) < 4.78 is 11.5. The second-order valence-corrected chi connectivity index (χ2v) is 4.56. The standard InChI is InChI=1S/C12H8BrNO3/c13-7-1-2-10-8(5-7)11-9(6-14-10)12(15)17-4-3-16-11/h1-2,5-6H,3-4H2. The Balaban J connectivity index is 2.33. The van der Waals surface area contributed by atoms with E-state index >= 15 is 0 Å². The highest BCUT2D eigenvalue weighted by Gasteiger charge is 2.21. The van der Waals surface area contributed by atoms with Crippen molar-refractivity contribution in [2.75, 3.05) is 13.2 Å². The van der Waals surface area contributed by atoms with Crippen LogP contribution in [0.25, 0.3) is 10.9 Å². The predicted octanol–water partition coefficient (Wildman–Crippen LogP) is 2.55. The molecule has 3 rings (SSSR count). The number of ether oxygens (including phenoxy) is 2. The van der Waals surface area contributed by atoms with E-state index in [9.17, 15) is 4.79 Å². The molecule has 0 aliphatic carbocycles. The van der Waals surface area contributed by atoms with E-state index in [1.54, 1.807) is 0 Å². The zero-order valence-corrected chi connectivity index (χ0v) is 10.4. The third-order valence-electron chi connectivity index (χ3n) is 2.56. The van der Waals surface area contributed by atoms with Crippen molar-refractivity contribution in [1.82, 2.24) is 4.98 Å². The van der Waals surface area contributed by atoms with E-state index in [1.807, 2.05) is 18.2 Å². The maximum absolute atomic E-state index is 11.7. The van der Waals surface area contributed by atoms with Crippen LogP contribution in [0.2, 0.25) is 0 Å². The van der Waals surface area contributed by atoms with Crippen LogP contribution >= 0.6 is 15.9 Å². The lowest BCUT2D eigenvalue weighted by atomic mass is 10.1. The third-order valence-corrected chi connectivity index (χ3v) is 3.06. The number of rotatable bonds is 0. The second-order valence-electron chi connectivity index (χ2n) is 3.65. The molecule has 0 spiro atoms. The Hall–Kier alpha value is -1.62. The molecule has 1 aromatic heterocycles. The minimum absolute atomic E-state index is 0.267. The molecule has 0 fully saturated rings. The van der Waals surface area contributed by atoms with Crippen LogP contribution in [0, 0.1) is 0 Å². The molecule has 5 heteroatoms. The summed E-state index contributed by atoms with van der Waals surface area (Å²) >= 11 is 3.40. The third kappa shape index (κ3) is 1.76. The van der Waals surface area contributed by atoms with Crippen LogP contribution in [0.4, 0.5) is 0 Å². The van der Waals surface area contributed by atoms with Gasteiger partial charge in [-0.15, -0.1) is 0 Å². The summed E-state index contributed by atoms with van der Waals surface area (Å²) in [6.07, 6.45) is 1.50. The van der Waals surface area contributed by atoms with Crippen LogP contribution < -0.4 is 4.74 Å². The first-order chi connectivity index (χ1) is 8.25. The molecule has 0 unspecified atom stereocenters. The smallest absolute Gasteiger partial charge is 0.343 e. The summed E-state index contributed by atoms with van der Waals surface area (Å²) in [6.45, 7) is 0.632. The first-order valence-corrected chi connectivity index (χ1v) is 5.93. The molecular weight excluding hydrogens is 286 g/mol. The summed E-state index contributed by atoms with van der Waals surface area (Å²) in [5.41, 5.74) is 1.18. The van der Waals surface area contributed by atoms with Crippen LogP contribution in [-0.4, -0.2) is 24.2 Å². The molecule has 1 aliphatic rings. The maximum Gasteiger partial charge on any atom is 0.343 e. The first kappa shape index (κ1) is 10.5. The molecule has 0 N–H and O–H groups in total. The van der Waals surface area contributed by atoms with Crippen molar-refractivity contribution in [3.05, 3.63) is 34.4 Å². The van der Waals surface area contributed by atoms with Gasteiger partial charge in [0.1, 0.15) is 24.5 Å². The fourth-order valence-electron chi connectivity index (χ4n) is 1.80. The number of fused-ring (bicyclic) bond motifs is 3. The Bertz CT molecular complexity index is 612. The number of hydrogen-bond acceptors (Lipinski definition) is 4. The number of halogens is 1. The number of nitrogens with zero attached hydrogens (tertiary/aromatic N) is 1. The van der Waals surface area contributed by atoms with Crippen LogP contribution in [0.3, 0.4) is 0 Å². The van der Waals surface area contributed by atoms with E-state index in [2.05, 4.69) is 20.9 Å². The van der Waals surface area contributed by atoms with Gasteiger partial charge in [0, 0.05) is 16.1 Å². The topological polar surface area (TPSA) is 48.4 Å². The van der Waals surface area contributed by atoms with Gasteiger partial charge in [-0.25, -0.2) is 4.79 Å². The summed E-state index contributed by atoms with van der Waals surface area (Å²) in [5.74, 6) is 0.172. The molecule has 2 heterocycles. The van der Waals surface area contributed by atoms with Crippen molar-refractivity contribution in [3.63, 3.8) is 0 Å². The van der Waals surface area contributed by atoms with Crippen LogP contribution in [0.5, 0.6) is 5.75 Å². The van der Waals surface area contributed by atoms with Gasteiger partial charge in [0.15, 0.2) is 0 Å². The molecule has 0 amide bonds. The fraction of sp³-hybridized carbons (Fsp3) is 0.167. The van der Waals surface area contributed by atoms with Gasteiger partial charge in [-0.05, 0) is 18.2 Å². The SMILES string of the molecule is O=C1OCCOc2c1cnc1ccc(Br)cc21. The summed E-state index contributed by atoms with van der Waals surface area (Å²) in [7, 11) is 0. The van der Waals surface area contributed by atoms with Crippen molar-refractivity contribution in [2.45, 2.75) is 0 Å². The lowest BCUT2D eigenvalue weighted by Gasteiger charge is -2.08. The molecule has 4 nitrogen and oxygen atoms in total. The Morgan fingerprint density at radius 3 is 2.94 bits per heavy atom. The highest BCUT2D eigenvalue weighted by Crippen LogP contribution is 2.32. The first-order valence-electron chi connectivity index (χ1n) is 5.14. The Morgan fingerprint density at radius 2 is 2.06 bits per heavy atom. The normalized spacial score (nSPS) is 14.8. The van der Waals surface area contributed by atoms with Gasteiger partial charge >= 0.3 is 5.97 Å². The number of esters is 1. The molecular formula is C12H8BrNO3. The van der Waals surface area contributed by atoms with Crippen molar-refractivity contribution >= 4 is 32.8 Å². The highest BCUT2D eigenvalue weighted by molar-refractivity contribution is 9.10. The van der Waals surface area contributed by atoms with Gasteiger partial charge in [0.05, 0.1) is 5.52 Å². The number of aromatic nitrogens is 1. The van der Waals surface area contributed by atoms with Gasteiger partial charge in [-0.3, -0.25) is 4.98 Å². The van der Waals surface area contributed by atoms with Crippen molar-refractivity contribution in [1.29, 1.82) is 0 Å². The lowest BCUT2D eigenvalue weighted by Crippen LogP contribution is -2.05. The highest BCUT2D eigenvalue weighted by atomic mass is 79.9. The number of pyridine rings is 1. The van der Waals surface area contributed by atoms with Gasteiger partial charge in [0.2, 0.25) is 0 Å². The lowest BCUT2D eigenvalue weighted by molar-refractivity contribution is 0.0492. The molecule has 1 aromatic carbocycles. The van der Waals surface area contributed by atoms with Crippen molar-refractivity contribution < 1.29 is 14.3 Å². The second kappa shape index (κ2) is 4.00. The molecule has 0 bridgehead atoms. The molecule has 0 atom stereocenters. The zero-order chi connectivity index (χ0) is 11.8. The van der Waals surface area contributed by atoms with E-state index in [0.717, 1.165) is 15.4 Å². The number of carbonyl (C=O) groups excluding carboxylic acids is 1. The van der Waals surface area contributed by atoms with Gasteiger partial charge < -0.3 is 9.47 Å². The number of benzene rings is 1. The predicted molar refractivity (Wildman–Crippen MR) is 65.2 cm³/mol. The van der Waals surface area contributed by atoms with Gasteiger partial charge in [-0.1, -0.05) is 15.9 Å². The van der Waals surface area contributed by atoms with E-state index in [-0.39, 0.29) is 12.6 Å². The monoisotopic (exact) mass is 293 g/mol. The molecule has 17 heavy (non-hydrogen) atoms.